The Hall–Kier alpha value is -3.46. The Kier molecular flexibility index (Phi) is 5.27. The Bertz CT molecular complexity index is 974. The number of aliphatic hydroxyl groups excluding tert-OH is 1. The van der Waals surface area contributed by atoms with Crippen molar-refractivity contribution in [2.24, 2.45) is 5.73 Å². The number of hydrogen-bond donors (Lipinski definition) is 2. The number of nitrogens with two attached hydrogens (primary N) is 1. The van der Waals surface area contributed by atoms with Crippen LogP contribution >= 0.6 is 0 Å². The van der Waals surface area contributed by atoms with Gasteiger partial charge >= 0.3 is 6.18 Å². The zero-order valence-corrected chi connectivity index (χ0v) is 14.2. The van der Waals surface area contributed by atoms with Gasteiger partial charge in [0, 0.05) is 11.8 Å². The fourth-order valence-corrected chi connectivity index (χ4v) is 2.33. The molecule has 0 aliphatic heterocycles. The summed E-state index contributed by atoms with van der Waals surface area (Å²) >= 11 is 0. The van der Waals surface area contributed by atoms with Crippen molar-refractivity contribution in [3.63, 3.8) is 0 Å². The number of halogens is 3. The Balaban J connectivity index is 1.75. The summed E-state index contributed by atoms with van der Waals surface area (Å²) in [4.78, 5) is 19.3. The Morgan fingerprint density at radius 2 is 1.57 bits per heavy atom. The van der Waals surface area contributed by atoms with Crippen molar-refractivity contribution in [1.82, 2.24) is 9.97 Å². The van der Waals surface area contributed by atoms with Gasteiger partial charge in [-0.2, -0.15) is 13.2 Å². The largest absolute Gasteiger partial charge is 0.457 e. The van der Waals surface area contributed by atoms with Gasteiger partial charge in [-0.15, -0.1) is 0 Å². The van der Waals surface area contributed by atoms with Gasteiger partial charge in [0.2, 0.25) is 0 Å². The van der Waals surface area contributed by atoms with Gasteiger partial charge in [-0.05, 0) is 54.6 Å². The van der Waals surface area contributed by atoms with Crippen LogP contribution in [0.2, 0.25) is 0 Å². The van der Waals surface area contributed by atoms with Crippen LogP contribution in [0.5, 0.6) is 11.5 Å². The van der Waals surface area contributed by atoms with Gasteiger partial charge in [-0.3, -0.25) is 4.79 Å². The quantitative estimate of drug-likeness (QED) is 0.696. The Morgan fingerprint density at radius 3 is 2.11 bits per heavy atom. The molecule has 144 valence electrons. The van der Waals surface area contributed by atoms with E-state index in [0.717, 1.165) is 12.1 Å². The lowest BCUT2D eigenvalue weighted by Crippen LogP contribution is -2.21. The monoisotopic (exact) mass is 389 g/mol. The first-order valence-corrected chi connectivity index (χ1v) is 8.00. The SMILES string of the molecule is NC(=O)[C@H](O)c1ccnc(-c2ccc(Oc3ccc(C(F)(F)F)cc3)cc2)n1. The number of carbonyl (C=O) groups is 1. The number of benzene rings is 2. The van der Waals surface area contributed by atoms with Crippen molar-refractivity contribution in [3.05, 3.63) is 72.1 Å². The predicted molar refractivity (Wildman–Crippen MR) is 93.1 cm³/mol. The van der Waals surface area contributed by atoms with Crippen molar-refractivity contribution < 1.29 is 27.8 Å². The minimum atomic E-state index is -4.41. The number of carbonyl (C=O) groups excluding carboxylic acids is 1. The van der Waals surface area contributed by atoms with Gasteiger partial charge in [-0.25, -0.2) is 9.97 Å². The zero-order valence-electron chi connectivity index (χ0n) is 14.2. The molecule has 9 heteroatoms. The average Bonchev–Trinajstić information content (AvgIpc) is 2.68. The number of primary amides is 1. The smallest absolute Gasteiger partial charge is 0.416 e. The molecule has 0 aliphatic rings. The highest BCUT2D eigenvalue weighted by molar-refractivity contribution is 5.79. The van der Waals surface area contributed by atoms with Gasteiger partial charge in [-0.1, -0.05) is 0 Å². The van der Waals surface area contributed by atoms with Gasteiger partial charge < -0.3 is 15.6 Å². The van der Waals surface area contributed by atoms with Crippen molar-refractivity contribution in [2.45, 2.75) is 12.3 Å². The van der Waals surface area contributed by atoms with Crippen LogP contribution in [-0.2, 0) is 11.0 Å². The molecule has 3 rings (SSSR count). The summed E-state index contributed by atoms with van der Waals surface area (Å²) in [7, 11) is 0. The van der Waals surface area contributed by atoms with E-state index >= 15 is 0 Å². The van der Waals surface area contributed by atoms with E-state index in [2.05, 4.69) is 9.97 Å². The summed E-state index contributed by atoms with van der Waals surface area (Å²) in [5, 5.41) is 9.69. The number of hydrogen-bond acceptors (Lipinski definition) is 5. The summed E-state index contributed by atoms with van der Waals surface area (Å²) in [6.45, 7) is 0. The van der Waals surface area contributed by atoms with E-state index in [1.54, 1.807) is 24.3 Å². The fourth-order valence-electron chi connectivity index (χ4n) is 2.33. The average molecular weight is 389 g/mol. The summed E-state index contributed by atoms with van der Waals surface area (Å²) in [6, 6.07) is 12.2. The molecule has 0 spiro atoms. The molecule has 3 aromatic rings. The van der Waals surface area contributed by atoms with E-state index in [1.165, 1.54) is 24.4 Å². The molecular weight excluding hydrogens is 375 g/mol. The molecule has 3 N–H and O–H groups in total. The van der Waals surface area contributed by atoms with Crippen LogP contribution < -0.4 is 10.5 Å². The van der Waals surface area contributed by atoms with Gasteiger partial charge in [0.25, 0.3) is 5.91 Å². The molecular formula is C19H14F3N3O3. The maximum Gasteiger partial charge on any atom is 0.416 e. The minimum Gasteiger partial charge on any atom is -0.457 e. The highest BCUT2D eigenvalue weighted by atomic mass is 19.4. The molecule has 2 aromatic carbocycles. The Labute approximate surface area is 157 Å². The van der Waals surface area contributed by atoms with Crippen molar-refractivity contribution in [2.75, 3.05) is 0 Å². The second-order valence-electron chi connectivity index (χ2n) is 5.76. The molecule has 1 aromatic heterocycles. The molecule has 0 aliphatic carbocycles. The lowest BCUT2D eigenvalue weighted by molar-refractivity contribution is -0.137. The van der Waals surface area contributed by atoms with Gasteiger partial charge in [0.1, 0.15) is 11.5 Å². The van der Waals surface area contributed by atoms with Crippen LogP contribution in [0.25, 0.3) is 11.4 Å². The molecule has 1 amide bonds. The lowest BCUT2D eigenvalue weighted by atomic mass is 10.2. The van der Waals surface area contributed by atoms with E-state index in [0.29, 0.717) is 11.3 Å². The van der Waals surface area contributed by atoms with Crippen LogP contribution in [0.15, 0.2) is 60.8 Å². The summed E-state index contributed by atoms with van der Waals surface area (Å²) in [5.41, 5.74) is 4.95. The molecule has 1 heterocycles. The molecule has 28 heavy (non-hydrogen) atoms. The van der Waals surface area contributed by atoms with Crippen LogP contribution in [0.4, 0.5) is 13.2 Å². The number of nitrogens with zero attached hydrogens (tertiary/aromatic N) is 2. The first-order chi connectivity index (χ1) is 13.2. The molecule has 1 atom stereocenters. The third kappa shape index (κ3) is 4.44. The lowest BCUT2D eigenvalue weighted by Gasteiger charge is -2.10. The molecule has 0 bridgehead atoms. The maximum atomic E-state index is 12.6. The fraction of sp³-hybridized carbons (Fsp3) is 0.105. The third-order valence-electron chi connectivity index (χ3n) is 3.76. The molecule has 0 saturated carbocycles. The van der Waals surface area contributed by atoms with E-state index < -0.39 is 23.8 Å². The van der Waals surface area contributed by atoms with Crippen LogP contribution in [0, 0.1) is 0 Å². The Morgan fingerprint density at radius 1 is 1.00 bits per heavy atom. The second-order valence-corrected chi connectivity index (χ2v) is 5.76. The van der Waals surface area contributed by atoms with E-state index in [-0.39, 0.29) is 17.3 Å². The summed E-state index contributed by atoms with van der Waals surface area (Å²) in [6.07, 6.45) is -4.56. The zero-order chi connectivity index (χ0) is 20.3. The number of rotatable bonds is 5. The highest BCUT2D eigenvalue weighted by Gasteiger charge is 2.30. The number of aromatic nitrogens is 2. The third-order valence-corrected chi connectivity index (χ3v) is 3.76. The topological polar surface area (TPSA) is 98.3 Å². The van der Waals surface area contributed by atoms with E-state index in [4.69, 9.17) is 10.5 Å². The summed E-state index contributed by atoms with van der Waals surface area (Å²) in [5.74, 6) is -0.00997. The van der Waals surface area contributed by atoms with Crippen molar-refractivity contribution in [3.8, 4) is 22.9 Å². The number of amides is 1. The molecule has 6 nitrogen and oxygen atoms in total. The van der Waals surface area contributed by atoms with Crippen molar-refractivity contribution >= 4 is 5.91 Å². The van der Waals surface area contributed by atoms with Crippen LogP contribution in [-0.4, -0.2) is 21.0 Å². The molecule has 0 fully saturated rings. The first-order valence-electron chi connectivity index (χ1n) is 8.00. The highest BCUT2D eigenvalue weighted by Crippen LogP contribution is 2.31. The normalized spacial score (nSPS) is 12.4. The second kappa shape index (κ2) is 7.65. The van der Waals surface area contributed by atoms with Crippen LogP contribution in [0.1, 0.15) is 17.4 Å². The number of aliphatic hydroxyl groups is 1. The number of alkyl halides is 3. The first kappa shape index (κ1) is 19.3. The summed E-state index contributed by atoms with van der Waals surface area (Å²) < 4.78 is 43.3. The minimum absolute atomic E-state index is 0.0718. The van der Waals surface area contributed by atoms with Gasteiger partial charge in [0.15, 0.2) is 11.9 Å². The van der Waals surface area contributed by atoms with E-state index in [9.17, 15) is 23.1 Å². The molecule has 0 saturated heterocycles. The molecule has 0 unspecified atom stereocenters. The van der Waals surface area contributed by atoms with Crippen LogP contribution in [0.3, 0.4) is 0 Å². The molecule has 0 radical (unpaired) electrons. The van der Waals surface area contributed by atoms with E-state index in [1.807, 2.05) is 0 Å². The standard InChI is InChI=1S/C19H14F3N3O3/c20-19(21,22)12-3-7-14(8-4-12)28-13-5-1-11(2-6-13)18-24-10-9-15(25-18)16(26)17(23)27/h1-10,16,26H,(H2,23,27)/t16-/m1/s1. The predicted octanol–water partition coefficient (Wildman–Crippen LogP) is 3.47. The van der Waals surface area contributed by atoms with Crippen molar-refractivity contribution in [1.29, 1.82) is 0 Å². The number of ether oxygens (including phenoxy) is 1. The maximum absolute atomic E-state index is 12.6. The van der Waals surface area contributed by atoms with Gasteiger partial charge in [0.05, 0.1) is 11.3 Å².